The van der Waals surface area contributed by atoms with Crippen LogP contribution < -0.4 is 4.74 Å². The van der Waals surface area contributed by atoms with Gasteiger partial charge in [-0.3, -0.25) is 0 Å². The summed E-state index contributed by atoms with van der Waals surface area (Å²) in [5, 5.41) is 8.85. The first-order valence-electron chi connectivity index (χ1n) is 3.81. The Bertz CT molecular complexity index is 263. The fourth-order valence-electron chi connectivity index (χ4n) is 0.881. The molecule has 0 aliphatic heterocycles. The molecule has 0 aromatic carbocycles. The normalized spacial score (nSPS) is 9.92. The van der Waals surface area contributed by atoms with E-state index in [0.29, 0.717) is 11.4 Å². The lowest BCUT2D eigenvalue weighted by molar-refractivity contribution is 0.270. The van der Waals surface area contributed by atoms with Gasteiger partial charge in [-0.15, -0.1) is 0 Å². The van der Waals surface area contributed by atoms with Gasteiger partial charge in [0.05, 0.1) is 19.3 Å². The highest BCUT2D eigenvalue weighted by atomic mass is 16.5. The lowest BCUT2D eigenvalue weighted by atomic mass is 10.3. The summed E-state index contributed by atoms with van der Waals surface area (Å²) in [4.78, 5) is 8.11. The van der Waals surface area contributed by atoms with Gasteiger partial charge in [-0.2, -0.15) is 4.98 Å². The highest BCUT2D eigenvalue weighted by Crippen LogP contribution is 2.13. The Balaban J connectivity index is 3.02. The van der Waals surface area contributed by atoms with Crippen LogP contribution in [0.3, 0.4) is 0 Å². The molecule has 1 N–H and O–H groups in total. The molecule has 0 fully saturated rings. The fraction of sp³-hybridized carbons (Fsp3) is 0.500. The van der Waals surface area contributed by atoms with E-state index in [2.05, 4.69) is 9.97 Å². The zero-order valence-corrected chi connectivity index (χ0v) is 7.24. The number of aromatic nitrogens is 2. The van der Waals surface area contributed by atoms with Crippen molar-refractivity contribution < 1.29 is 9.84 Å². The van der Waals surface area contributed by atoms with Gasteiger partial charge in [-0.05, 0) is 0 Å². The molecule has 0 spiro atoms. The van der Waals surface area contributed by atoms with Gasteiger partial charge in [0.15, 0.2) is 0 Å². The molecule has 4 heteroatoms. The van der Waals surface area contributed by atoms with Crippen molar-refractivity contribution in [3.05, 3.63) is 17.6 Å². The summed E-state index contributed by atoms with van der Waals surface area (Å²) in [6.45, 7) is 1.88. The average molecular weight is 168 g/mol. The number of aryl methyl sites for hydroxylation is 1. The standard InChI is InChI=1S/C8H12N2O2/c1-3-7-9-4-6(5-11)8(10-7)12-2/h4,11H,3,5H2,1-2H3. The smallest absolute Gasteiger partial charge is 0.221 e. The van der Waals surface area contributed by atoms with Crippen molar-refractivity contribution in [2.75, 3.05) is 7.11 Å². The van der Waals surface area contributed by atoms with Crippen molar-refractivity contribution in [2.24, 2.45) is 0 Å². The Hall–Kier alpha value is -1.16. The van der Waals surface area contributed by atoms with Crippen LogP contribution in [0, 0.1) is 0 Å². The molecule has 1 aromatic rings. The molecule has 0 aliphatic carbocycles. The summed E-state index contributed by atoms with van der Waals surface area (Å²) >= 11 is 0. The molecule has 4 nitrogen and oxygen atoms in total. The molecule has 0 amide bonds. The molecule has 1 aromatic heterocycles. The zero-order valence-electron chi connectivity index (χ0n) is 7.24. The quantitative estimate of drug-likeness (QED) is 0.715. The van der Waals surface area contributed by atoms with Crippen LogP contribution in [-0.4, -0.2) is 22.2 Å². The molecular formula is C8H12N2O2. The fourth-order valence-corrected chi connectivity index (χ4v) is 0.881. The number of hydrogen-bond acceptors (Lipinski definition) is 4. The second-order valence-electron chi connectivity index (χ2n) is 2.33. The predicted molar refractivity (Wildman–Crippen MR) is 43.9 cm³/mol. The van der Waals surface area contributed by atoms with Crippen molar-refractivity contribution in [3.8, 4) is 5.88 Å². The third-order valence-electron chi connectivity index (χ3n) is 1.55. The van der Waals surface area contributed by atoms with Gasteiger partial charge < -0.3 is 9.84 Å². The number of aliphatic hydroxyl groups is 1. The van der Waals surface area contributed by atoms with Crippen molar-refractivity contribution >= 4 is 0 Å². The summed E-state index contributed by atoms with van der Waals surface area (Å²) in [5.74, 6) is 1.19. The van der Waals surface area contributed by atoms with Crippen molar-refractivity contribution in [2.45, 2.75) is 20.0 Å². The molecule has 66 valence electrons. The van der Waals surface area contributed by atoms with Crippen molar-refractivity contribution in [1.82, 2.24) is 9.97 Å². The Labute approximate surface area is 71.2 Å². The van der Waals surface area contributed by atoms with Crippen LogP contribution >= 0.6 is 0 Å². The van der Waals surface area contributed by atoms with Gasteiger partial charge >= 0.3 is 0 Å². The van der Waals surface area contributed by atoms with Gasteiger partial charge in [0.2, 0.25) is 5.88 Å². The lowest BCUT2D eigenvalue weighted by Gasteiger charge is -2.04. The zero-order chi connectivity index (χ0) is 8.97. The van der Waals surface area contributed by atoms with Crippen molar-refractivity contribution in [3.63, 3.8) is 0 Å². The van der Waals surface area contributed by atoms with Crippen LogP contribution in [0.5, 0.6) is 5.88 Å². The Kier molecular flexibility index (Phi) is 2.99. The number of hydrogen-bond donors (Lipinski definition) is 1. The minimum Gasteiger partial charge on any atom is -0.481 e. The largest absolute Gasteiger partial charge is 0.481 e. The number of methoxy groups -OCH3 is 1. The Morgan fingerprint density at radius 1 is 1.58 bits per heavy atom. The molecule has 0 atom stereocenters. The van der Waals surface area contributed by atoms with Crippen LogP contribution in [0.25, 0.3) is 0 Å². The van der Waals surface area contributed by atoms with Gasteiger partial charge in [0, 0.05) is 12.6 Å². The minimum absolute atomic E-state index is 0.0901. The molecule has 0 radical (unpaired) electrons. The monoisotopic (exact) mass is 168 g/mol. The van der Waals surface area contributed by atoms with E-state index in [4.69, 9.17) is 9.84 Å². The van der Waals surface area contributed by atoms with E-state index in [9.17, 15) is 0 Å². The molecule has 0 unspecified atom stereocenters. The predicted octanol–water partition coefficient (Wildman–Crippen LogP) is 0.540. The second-order valence-corrected chi connectivity index (χ2v) is 2.33. The number of aliphatic hydroxyl groups excluding tert-OH is 1. The van der Waals surface area contributed by atoms with Crippen molar-refractivity contribution in [1.29, 1.82) is 0 Å². The van der Waals surface area contributed by atoms with E-state index in [1.807, 2.05) is 6.92 Å². The van der Waals surface area contributed by atoms with Crippen LogP contribution in [-0.2, 0) is 13.0 Å². The van der Waals surface area contributed by atoms with E-state index < -0.39 is 0 Å². The summed E-state index contributed by atoms with van der Waals surface area (Å²) in [6.07, 6.45) is 2.35. The molecule has 0 aliphatic rings. The summed E-state index contributed by atoms with van der Waals surface area (Å²) < 4.78 is 4.97. The maximum Gasteiger partial charge on any atom is 0.221 e. The van der Waals surface area contributed by atoms with Gasteiger partial charge in [-0.1, -0.05) is 6.92 Å². The maximum atomic E-state index is 8.85. The highest BCUT2D eigenvalue weighted by Gasteiger charge is 2.04. The topological polar surface area (TPSA) is 55.2 Å². The number of ether oxygens (including phenoxy) is 1. The number of rotatable bonds is 3. The van der Waals surface area contributed by atoms with Gasteiger partial charge in [-0.25, -0.2) is 4.98 Å². The summed E-state index contributed by atoms with van der Waals surface area (Å²) in [5.41, 5.74) is 0.620. The molecule has 12 heavy (non-hydrogen) atoms. The van der Waals surface area contributed by atoms with E-state index in [1.165, 1.54) is 7.11 Å². The van der Waals surface area contributed by atoms with Crippen LogP contribution in [0.2, 0.25) is 0 Å². The minimum atomic E-state index is -0.0901. The second kappa shape index (κ2) is 4.01. The molecule has 0 bridgehead atoms. The van der Waals surface area contributed by atoms with Crippen LogP contribution in [0.1, 0.15) is 18.3 Å². The Morgan fingerprint density at radius 2 is 2.33 bits per heavy atom. The molecular weight excluding hydrogens is 156 g/mol. The summed E-state index contributed by atoms with van der Waals surface area (Å²) in [6, 6.07) is 0. The third-order valence-corrected chi connectivity index (χ3v) is 1.55. The van der Waals surface area contributed by atoms with E-state index >= 15 is 0 Å². The Morgan fingerprint density at radius 3 is 2.83 bits per heavy atom. The maximum absolute atomic E-state index is 8.85. The van der Waals surface area contributed by atoms with E-state index in [1.54, 1.807) is 6.20 Å². The lowest BCUT2D eigenvalue weighted by Crippen LogP contribution is -2.00. The molecule has 1 heterocycles. The molecule has 1 rings (SSSR count). The third kappa shape index (κ3) is 1.71. The SMILES string of the molecule is CCc1ncc(CO)c(OC)n1. The molecule has 0 saturated carbocycles. The van der Waals surface area contributed by atoms with E-state index in [0.717, 1.165) is 12.2 Å². The highest BCUT2D eigenvalue weighted by molar-refractivity contribution is 5.22. The van der Waals surface area contributed by atoms with Crippen LogP contribution in [0.15, 0.2) is 6.20 Å². The van der Waals surface area contributed by atoms with Crippen LogP contribution in [0.4, 0.5) is 0 Å². The molecule has 0 saturated heterocycles. The first-order chi connectivity index (χ1) is 5.81. The number of nitrogens with zero attached hydrogens (tertiary/aromatic N) is 2. The van der Waals surface area contributed by atoms with Gasteiger partial charge in [0.1, 0.15) is 5.82 Å². The first kappa shape index (κ1) is 8.93. The van der Waals surface area contributed by atoms with E-state index in [-0.39, 0.29) is 6.61 Å². The van der Waals surface area contributed by atoms with Gasteiger partial charge in [0.25, 0.3) is 0 Å². The average Bonchev–Trinajstić information content (AvgIpc) is 2.16. The summed E-state index contributed by atoms with van der Waals surface area (Å²) in [7, 11) is 1.53. The first-order valence-corrected chi connectivity index (χ1v) is 3.81.